The fourth-order valence-electron chi connectivity index (χ4n) is 3.28. The molecule has 4 rings (SSSR count). The summed E-state index contributed by atoms with van der Waals surface area (Å²) in [7, 11) is 0. The molecule has 2 aromatic carbocycles. The number of nitro groups is 1. The normalized spacial score (nSPS) is 18.6. The number of ether oxygens (including phenoxy) is 1. The molecule has 0 radical (unpaired) electrons. The van der Waals surface area contributed by atoms with Crippen molar-refractivity contribution in [2.45, 2.75) is 25.8 Å². The van der Waals surface area contributed by atoms with Crippen LogP contribution in [0.2, 0.25) is 0 Å². The molecule has 6 heteroatoms. The molecule has 1 atom stereocenters. The zero-order valence-electron chi connectivity index (χ0n) is 12.5. The Hall–Kier alpha value is -2.89. The average Bonchev–Trinajstić information content (AvgIpc) is 2.66. The summed E-state index contributed by atoms with van der Waals surface area (Å²) >= 11 is 0. The van der Waals surface area contributed by atoms with Crippen LogP contribution in [0.3, 0.4) is 0 Å². The Kier molecular flexibility index (Phi) is 2.87. The van der Waals surface area contributed by atoms with E-state index in [1.807, 2.05) is 25.1 Å². The molecule has 0 saturated heterocycles. The van der Waals surface area contributed by atoms with Crippen LogP contribution in [-0.4, -0.2) is 16.9 Å². The lowest BCUT2D eigenvalue weighted by Gasteiger charge is -2.34. The van der Waals surface area contributed by atoms with Gasteiger partial charge in [-0.25, -0.2) is 0 Å². The zero-order valence-corrected chi connectivity index (χ0v) is 12.5. The minimum Gasteiger partial charge on any atom is -0.454 e. The molecule has 0 saturated carbocycles. The number of amides is 1. The summed E-state index contributed by atoms with van der Waals surface area (Å²) in [6, 6.07) is 9.89. The third kappa shape index (κ3) is 1.98. The van der Waals surface area contributed by atoms with Gasteiger partial charge in [0.1, 0.15) is 5.75 Å². The van der Waals surface area contributed by atoms with E-state index in [4.69, 9.17) is 4.74 Å². The summed E-state index contributed by atoms with van der Waals surface area (Å²) in [5.74, 6) is 0.729. The van der Waals surface area contributed by atoms with Gasteiger partial charge < -0.3 is 9.64 Å². The maximum absolute atomic E-state index is 13.0. The van der Waals surface area contributed by atoms with E-state index in [1.165, 1.54) is 18.2 Å². The number of carbonyl (C=O) groups excluding carboxylic acids is 1. The van der Waals surface area contributed by atoms with Crippen molar-refractivity contribution >= 4 is 17.3 Å². The number of carbonyl (C=O) groups is 1. The number of fused-ring (bicyclic) bond motifs is 1. The fraction of sp³-hybridized carbons (Fsp3) is 0.235. The standard InChI is InChI=1S/C17H14N2O4/c1-10-5-6-11-3-2-4-15-16(11)18(10)17(20)13-9-12(19(21)22)7-8-14(13)23-15/h2-4,7-10H,5-6H2,1H3. The molecule has 1 amide bonds. The molecule has 0 aliphatic carbocycles. The van der Waals surface area contributed by atoms with Gasteiger partial charge in [0.05, 0.1) is 16.2 Å². The van der Waals surface area contributed by atoms with Crippen molar-refractivity contribution in [2.75, 3.05) is 4.90 Å². The number of nitrogens with zero attached hydrogens (tertiary/aromatic N) is 2. The first kappa shape index (κ1) is 13.8. The van der Waals surface area contributed by atoms with E-state index in [9.17, 15) is 14.9 Å². The van der Waals surface area contributed by atoms with E-state index >= 15 is 0 Å². The number of para-hydroxylation sites is 1. The summed E-state index contributed by atoms with van der Waals surface area (Å²) in [6.45, 7) is 1.99. The summed E-state index contributed by atoms with van der Waals surface area (Å²) in [6.07, 6.45) is 1.74. The smallest absolute Gasteiger partial charge is 0.270 e. The van der Waals surface area contributed by atoms with Crippen LogP contribution in [0.1, 0.15) is 29.3 Å². The second-order valence-corrected chi connectivity index (χ2v) is 5.87. The molecule has 0 fully saturated rings. The van der Waals surface area contributed by atoms with E-state index < -0.39 is 4.92 Å². The van der Waals surface area contributed by atoms with Crippen LogP contribution in [0.4, 0.5) is 11.4 Å². The predicted molar refractivity (Wildman–Crippen MR) is 84.2 cm³/mol. The molecule has 2 aliphatic rings. The highest BCUT2D eigenvalue weighted by atomic mass is 16.6. The third-order valence-electron chi connectivity index (χ3n) is 4.44. The van der Waals surface area contributed by atoms with Crippen molar-refractivity contribution in [3.05, 3.63) is 57.6 Å². The maximum Gasteiger partial charge on any atom is 0.270 e. The molecule has 0 bridgehead atoms. The van der Waals surface area contributed by atoms with Crippen molar-refractivity contribution in [2.24, 2.45) is 0 Å². The summed E-state index contributed by atoms with van der Waals surface area (Å²) in [4.78, 5) is 25.3. The number of hydrogen-bond acceptors (Lipinski definition) is 4. The van der Waals surface area contributed by atoms with E-state index in [0.29, 0.717) is 11.5 Å². The van der Waals surface area contributed by atoms with Gasteiger partial charge in [0, 0.05) is 18.2 Å². The average molecular weight is 310 g/mol. The van der Waals surface area contributed by atoms with Crippen LogP contribution in [0.25, 0.3) is 0 Å². The second-order valence-electron chi connectivity index (χ2n) is 5.87. The van der Waals surface area contributed by atoms with Crippen LogP contribution in [-0.2, 0) is 6.42 Å². The van der Waals surface area contributed by atoms with Crippen LogP contribution in [0.15, 0.2) is 36.4 Å². The van der Waals surface area contributed by atoms with Crippen LogP contribution in [0.5, 0.6) is 11.5 Å². The molecule has 2 aromatic rings. The molecule has 2 aliphatic heterocycles. The number of rotatable bonds is 1. The summed E-state index contributed by atoms with van der Waals surface area (Å²) < 4.78 is 5.92. The van der Waals surface area contributed by atoms with Gasteiger partial charge in [-0.05, 0) is 37.5 Å². The third-order valence-corrected chi connectivity index (χ3v) is 4.44. The molecule has 6 nitrogen and oxygen atoms in total. The van der Waals surface area contributed by atoms with Crippen LogP contribution >= 0.6 is 0 Å². The first-order valence-corrected chi connectivity index (χ1v) is 7.48. The maximum atomic E-state index is 13.0. The molecule has 116 valence electrons. The first-order chi connectivity index (χ1) is 11.1. The lowest BCUT2D eigenvalue weighted by Crippen LogP contribution is -2.41. The van der Waals surface area contributed by atoms with Gasteiger partial charge in [-0.15, -0.1) is 0 Å². The molecule has 0 aromatic heterocycles. The molecule has 0 spiro atoms. The van der Waals surface area contributed by atoms with Gasteiger partial charge in [0.15, 0.2) is 5.75 Å². The number of non-ortho nitro benzene ring substituents is 1. The van der Waals surface area contributed by atoms with Gasteiger partial charge in [0.25, 0.3) is 11.6 Å². The number of aryl methyl sites for hydroxylation is 1. The molecule has 2 heterocycles. The number of hydrogen-bond donors (Lipinski definition) is 0. The molecule has 23 heavy (non-hydrogen) atoms. The quantitative estimate of drug-likeness (QED) is 0.595. The lowest BCUT2D eigenvalue weighted by molar-refractivity contribution is -0.384. The zero-order chi connectivity index (χ0) is 16.1. The number of nitro benzene ring substituents is 1. The van der Waals surface area contributed by atoms with E-state index in [-0.39, 0.29) is 23.2 Å². The van der Waals surface area contributed by atoms with Gasteiger partial charge in [-0.1, -0.05) is 12.1 Å². The first-order valence-electron chi connectivity index (χ1n) is 7.48. The summed E-state index contributed by atoms with van der Waals surface area (Å²) in [5.41, 5.74) is 1.97. The highest BCUT2D eigenvalue weighted by Crippen LogP contribution is 2.45. The van der Waals surface area contributed by atoms with Crippen molar-refractivity contribution in [1.82, 2.24) is 0 Å². The summed E-state index contributed by atoms with van der Waals surface area (Å²) in [5, 5.41) is 11.0. The highest BCUT2D eigenvalue weighted by molar-refractivity contribution is 6.11. The minimum absolute atomic E-state index is 0.0185. The van der Waals surface area contributed by atoms with Crippen molar-refractivity contribution < 1.29 is 14.5 Å². The second kappa shape index (κ2) is 4.81. The topological polar surface area (TPSA) is 72.7 Å². The molecular formula is C17H14N2O4. The Morgan fingerprint density at radius 3 is 2.87 bits per heavy atom. The van der Waals surface area contributed by atoms with Gasteiger partial charge in [-0.2, -0.15) is 0 Å². The van der Waals surface area contributed by atoms with E-state index in [1.54, 1.807) is 4.90 Å². The Bertz CT molecular complexity index is 846. The highest BCUT2D eigenvalue weighted by Gasteiger charge is 2.36. The molecule has 1 unspecified atom stereocenters. The van der Waals surface area contributed by atoms with Gasteiger partial charge in [-0.3, -0.25) is 14.9 Å². The molecule has 0 N–H and O–H groups in total. The minimum atomic E-state index is -0.503. The van der Waals surface area contributed by atoms with E-state index in [2.05, 4.69) is 0 Å². The Morgan fingerprint density at radius 2 is 2.09 bits per heavy atom. The van der Waals surface area contributed by atoms with Crippen LogP contribution < -0.4 is 9.64 Å². The Balaban J connectivity index is 1.96. The number of benzene rings is 2. The fourth-order valence-corrected chi connectivity index (χ4v) is 3.28. The lowest BCUT2D eigenvalue weighted by atomic mass is 9.95. The number of anilines is 1. The van der Waals surface area contributed by atoms with Gasteiger partial charge >= 0.3 is 0 Å². The van der Waals surface area contributed by atoms with E-state index in [0.717, 1.165) is 24.1 Å². The van der Waals surface area contributed by atoms with Crippen molar-refractivity contribution in [1.29, 1.82) is 0 Å². The molecular weight excluding hydrogens is 296 g/mol. The largest absolute Gasteiger partial charge is 0.454 e. The monoisotopic (exact) mass is 310 g/mol. The predicted octanol–water partition coefficient (Wildman–Crippen LogP) is 3.68. The Labute approximate surface area is 132 Å². The van der Waals surface area contributed by atoms with Gasteiger partial charge in [0.2, 0.25) is 0 Å². The van der Waals surface area contributed by atoms with Crippen molar-refractivity contribution in [3.8, 4) is 11.5 Å². The van der Waals surface area contributed by atoms with Crippen molar-refractivity contribution in [3.63, 3.8) is 0 Å². The van der Waals surface area contributed by atoms with Crippen LogP contribution in [0, 0.1) is 10.1 Å². The SMILES string of the molecule is CC1CCc2cccc3c2N1C(=O)c1cc([N+](=O)[O-])ccc1O3. The Morgan fingerprint density at radius 1 is 1.26 bits per heavy atom.